The largest absolute Gasteiger partial charge is 0.339 e. The molecule has 0 atom stereocenters. The fraction of sp³-hybridized carbons (Fsp3) is 0.308. The van der Waals surface area contributed by atoms with E-state index in [4.69, 9.17) is 0 Å². The Bertz CT molecular complexity index is 537. The van der Waals surface area contributed by atoms with Gasteiger partial charge in [-0.1, -0.05) is 23.4 Å². The van der Waals surface area contributed by atoms with Gasteiger partial charge in [0.2, 0.25) is 0 Å². The smallest absolute Gasteiger partial charge is 0.275 e. The molecule has 6 nitrogen and oxygen atoms in total. The highest BCUT2D eigenvalue weighted by molar-refractivity contribution is 5.91. The van der Waals surface area contributed by atoms with Gasteiger partial charge in [-0.2, -0.15) is 0 Å². The van der Waals surface area contributed by atoms with E-state index in [-0.39, 0.29) is 5.91 Å². The third kappa shape index (κ3) is 3.17. The molecule has 0 fully saturated rings. The number of carbonyl (C=O) groups is 1. The van der Waals surface area contributed by atoms with Crippen molar-refractivity contribution in [2.75, 3.05) is 27.2 Å². The van der Waals surface area contributed by atoms with E-state index in [9.17, 15) is 4.79 Å². The monoisotopic (exact) mass is 259 g/mol. The van der Waals surface area contributed by atoms with Crippen molar-refractivity contribution in [2.45, 2.75) is 0 Å². The minimum Gasteiger partial charge on any atom is -0.339 e. The van der Waals surface area contributed by atoms with Crippen LogP contribution in [0.2, 0.25) is 0 Å². The van der Waals surface area contributed by atoms with Gasteiger partial charge in [0.15, 0.2) is 5.69 Å². The van der Waals surface area contributed by atoms with Crippen LogP contribution in [0.4, 0.5) is 0 Å². The molecule has 0 saturated heterocycles. The second-order valence-corrected chi connectivity index (χ2v) is 4.21. The van der Waals surface area contributed by atoms with Gasteiger partial charge in [-0.3, -0.25) is 4.79 Å². The first-order valence-electron chi connectivity index (χ1n) is 6.10. The number of hydrogen-bond acceptors (Lipinski definition) is 4. The Morgan fingerprint density at radius 2 is 2.11 bits per heavy atom. The number of rotatable bonds is 5. The summed E-state index contributed by atoms with van der Waals surface area (Å²) in [4.78, 5) is 13.7. The molecule has 2 aromatic rings. The molecule has 1 aromatic carbocycles. The minimum atomic E-state index is -0.127. The molecule has 1 N–H and O–H groups in total. The van der Waals surface area contributed by atoms with Crippen LogP contribution < -0.4 is 5.32 Å². The van der Waals surface area contributed by atoms with Gasteiger partial charge >= 0.3 is 0 Å². The van der Waals surface area contributed by atoms with Crippen molar-refractivity contribution in [3.05, 3.63) is 42.2 Å². The van der Waals surface area contributed by atoms with E-state index in [1.54, 1.807) is 22.8 Å². The molecule has 19 heavy (non-hydrogen) atoms. The summed E-state index contributed by atoms with van der Waals surface area (Å²) < 4.78 is 1.60. The lowest BCUT2D eigenvalue weighted by atomic mass is 10.3. The Morgan fingerprint density at radius 1 is 1.37 bits per heavy atom. The maximum Gasteiger partial charge on any atom is 0.275 e. The zero-order chi connectivity index (χ0) is 13.7. The summed E-state index contributed by atoms with van der Waals surface area (Å²) in [5.74, 6) is -0.127. The van der Waals surface area contributed by atoms with Crippen LogP contribution in [0.25, 0.3) is 5.69 Å². The summed E-state index contributed by atoms with van der Waals surface area (Å²) in [5.41, 5.74) is 1.23. The zero-order valence-corrected chi connectivity index (χ0v) is 11.1. The van der Waals surface area contributed by atoms with E-state index < -0.39 is 0 Å². The predicted octanol–water partition coefficient (Wildman–Crippen LogP) is 0.559. The van der Waals surface area contributed by atoms with Crippen molar-refractivity contribution in [3.8, 4) is 5.69 Å². The summed E-state index contributed by atoms with van der Waals surface area (Å²) in [5, 5.41) is 10.9. The zero-order valence-electron chi connectivity index (χ0n) is 11.1. The topological polar surface area (TPSA) is 63.1 Å². The van der Waals surface area contributed by atoms with Crippen molar-refractivity contribution in [2.24, 2.45) is 0 Å². The lowest BCUT2D eigenvalue weighted by molar-refractivity contribution is 0.0791. The lowest BCUT2D eigenvalue weighted by Gasteiger charge is -2.14. The molecule has 0 aliphatic heterocycles. The van der Waals surface area contributed by atoms with Crippen LogP contribution in [0, 0.1) is 0 Å². The van der Waals surface area contributed by atoms with E-state index in [0.29, 0.717) is 12.2 Å². The van der Waals surface area contributed by atoms with Gasteiger partial charge in [0.25, 0.3) is 5.91 Å². The average molecular weight is 259 g/mol. The Balaban J connectivity index is 2.11. The SMILES string of the molecule is CNCCN(C)C(=O)c1cn(-c2ccccc2)nn1. The number of hydrogen-bond donors (Lipinski definition) is 1. The number of aromatic nitrogens is 3. The van der Waals surface area contributed by atoms with Gasteiger partial charge in [0, 0.05) is 20.1 Å². The highest BCUT2D eigenvalue weighted by Crippen LogP contribution is 2.06. The second-order valence-electron chi connectivity index (χ2n) is 4.21. The van der Waals surface area contributed by atoms with E-state index >= 15 is 0 Å². The van der Waals surface area contributed by atoms with Crippen molar-refractivity contribution in [1.82, 2.24) is 25.2 Å². The predicted molar refractivity (Wildman–Crippen MR) is 72.2 cm³/mol. The first-order valence-corrected chi connectivity index (χ1v) is 6.10. The number of para-hydroxylation sites is 1. The van der Waals surface area contributed by atoms with E-state index in [1.807, 2.05) is 37.4 Å². The summed E-state index contributed by atoms with van der Waals surface area (Å²) in [6.07, 6.45) is 1.65. The van der Waals surface area contributed by atoms with Gasteiger partial charge < -0.3 is 10.2 Å². The van der Waals surface area contributed by atoms with Gasteiger partial charge in [-0.05, 0) is 19.2 Å². The highest BCUT2D eigenvalue weighted by Gasteiger charge is 2.15. The van der Waals surface area contributed by atoms with E-state index in [0.717, 1.165) is 12.2 Å². The molecule has 100 valence electrons. The Labute approximate surface area is 112 Å². The molecule has 6 heteroatoms. The molecule has 0 radical (unpaired) electrons. The molecule has 1 aromatic heterocycles. The molecule has 1 amide bonds. The molecular formula is C13H17N5O. The van der Waals surface area contributed by atoms with Crippen LogP contribution in [0.5, 0.6) is 0 Å². The molecular weight excluding hydrogens is 242 g/mol. The molecule has 0 unspecified atom stereocenters. The van der Waals surface area contributed by atoms with Crippen molar-refractivity contribution in [3.63, 3.8) is 0 Å². The summed E-state index contributed by atoms with van der Waals surface area (Å²) >= 11 is 0. The van der Waals surface area contributed by atoms with Crippen LogP contribution in [0.15, 0.2) is 36.5 Å². The van der Waals surface area contributed by atoms with Gasteiger partial charge in [0.1, 0.15) is 0 Å². The molecule has 0 spiro atoms. The van der Waals surface area contributed by atoms with Gasteiger partial charge in [-0.15, -0.1) is 5.10 Å². The quantitative estimate of drug-likeness (QED) is 0.852. The van der Waals surface area contributed by atoms with Gasteiger partial charge in [-0.25, -0.2) is 4.68 Å². The highest BCUT2D eigenvalue weighted by atomic mass is 16.2. The molecule has 0 aliphatic rings. The number of nitrogens with zero attached hydrogens (tertiary/aromatic N) is 4. The fourth-order valence-electron chi connectivity index (χ4n) is 1.65. The first kappa shape index (κ1) is 13.2. The summed E-state index contributed by atoms with van der Waals surface area (Å²) in [7, 11) is 3.60. The lowest BCUT2D eigenvalue weighted by Crippen LogP contribution is -2.33. The number of benzene rings is 1. The molecule has 2 rings (SSSR count). The molecule has 0 saturated carbocycles. The summed E-state index contributed by atoms with van der Waals surface area (Å²) in [6, 6.07) is 9.58. The van der Waals surface area contributed by atoms with Crippen molar-refractivity contribution < 1.29 is 4.79 Å². The standard InChI is InChI=1S/C13H17N5O/c1-14-8-9-17(2)13(19)12-10-18(16-15-12)11-6-4-3-5-7-11/h3-7,10,14H,8-9H2,1-2H3. The van der Waals surface area contributed by atoms with Crippen LogP contribution in [-0.4, -0.2) is 53.0 Å². The minimum absolute atomic E-state index is 0.127. The maximum absolute atomic E-state index is 12.1. The van der Waals surface area contributed by atoms with E-state index in [2.05, 4.69) is 15.6 Å². The Hall–Kier alpha value is -2.21. The van der Waals surface area contributed by atoms with E-state index in [1.165, 1.54) is 0 Å². The third-order valence-electron chi connectivity index (χ3n) is 2.78. The number of amides is 1. The second kappa shape index (κ2) is 6.10. The number of likely N-dealkylation sites (N-methyl/N-ethyl adjacent to an activating group) is 2. The maximum atomic E-state index is 12.1. The average Bonchev–Trinajstić information content (AvgIpc) is 2.94. The number of nitrogens with one attached hydrogen (secondary N) is 1. The molecule has 0 aliphatic carbocycles. The van der Waals surface area contributed by atoms with Crippen LogP contribution in [0.1, 0.15) is 10.5 Å². The Morgan fingerprint density at radius 3 is 2.79 bits per heavy atom. The van der Waals surface area contributed by atoms with Crippen LogP contribution in [0.3, 0.4) is 0 Å². The van der Waals surface area contributed by atoms with Gasteiger partial charge in [0.05, 0.1) is 11.9 Å². The number of carbonyl (C=O) groups excluding carboxylic acids is 1. The van der Waals surface area contributed by atoms with Crippen molar-refractivity contribution >= 4 is 5.91 Å². The third-order valence-corrected chi connectivity index (χ3v) is 2.78. The molecule has 0 bridgehead atoms. The van der Waals surface area contributed by atoms with Crippen LogP contribution in [-0.2, 0) is 0 Å². The first-order chi connectivity index (χ1) is 9.22. The Kier molecular flexibility index (Phi) is 4.25. The molecule has 1 heterocycles. The van der Waals surface area contributed by atoms with Crippen molar-refractivity contribution in [1.29, 1.82) is 0 Å². The summed E-state index contributed by atoms with van der Waals surface area (Å²) in [6.45, 7) is 1.38. The fourth-order valence-corrected chi connectivity index (χ4v) is 1.65. The van der Waals surface area contributed by atoms with Crippen LogP contribution >= 0.6 is 0 Å². The normalized spacial score (nSPS) is 10.4.